The van der Waals surface area contributed by atoms with Crippen LogP contribution in [0.1, 0.15) is 32.0 Å². The summed E-state index contributed by atoms with van der Waals surface area (Å²) in [5, 5.41) is 10.7. The number of ether oxygens (including phenoxy) is 1. The zero-order chi connectivity index (χ0) is 18.2. The normalized spacial score (nSPS) is 12.3. The molecule has 0 saturated heterocycles. The zero-order valence-electron chi connectivity index (χ0n) is 14.5. The van der Waals surface area contributed by atoms with Crippen molar-refractivity contribution in [3.63, 3.8) is 0 Å². The molecule has 0 saturated carbocycles. The fraction of sp³-hybridized carbons (Fsp3) is 0.333. The molecule has 132 valence electrons. The monoisotopic (exact) mass is 342 g/mol. The van der Waals surface area contributed by atoms with Crippen molar-refractivity contribution in [3.05, 3.63) is 53.9 Å². The van der Waals surface area contributed by atoms with E-state index in [0.717, 1.165) is 5.56 Å². The van der Waals surface area contributed by atoms with Gasteiger partial charge >= 0.3 is 5.97 Å². The van der Waals surface area contributed by atoms with Crippen LogP contribution in [0.5, 0.6) is 0 Å². The highest BCUT2D eigenvalue weighted by molar-refractivity contribution is 5.90. The molecule has 1 heterocycles. The van der Waals surface area contributed by atoms with E-state index >= 15 is 0 Å². The first kappa shape index (κ1) is 18.4. The van der Waals surface area contributed by atoms with Gasteiger partial charge in [-0.15, -0.1) is 5.10 Å². The van der Waals surface area contributed by atoms with Gasteiger partial charge in [-0.1, -0.05) is 35.5 Å². The van der Waals surface area contributed by atoms with Gasteiger partial charge in [0.1, 0.15) is 5.69 Å². The Hall–Kier alpha value is -2.96. The van der Waals surface area contributed by atoms with Gasteiger partial charge < -0.3 is 10.1 Å². The molecule has 7 heteroatoms. The van der Waals surface area contributed by atoms with Crippen molar-refractivity contribution in [2.45, 2.75) is 39.5 Å². The molecule has 2 aromatic rings. The van der Waals surface area contributed by atoms with E-state index in [-0.39, 0.29) is 11.9 Å². The Morgan fingerprint density at radius 1 is 1.24 bits per heavy atom. The average molecular weight is 342 g/mol. The summed E-state index contributed by atoms with van der Waals surface area (Å²) in [5.74, 6) is -0.936. The number of benzene rings is 1. The van der Waals surface area contributed by atoms with Gasteiger partial charge in [0.05, 0.1) is 12.7 Å². The molecule has 0 aliphatic heterocycles. The fourth-order valence-corrected chi connectivity index (χ4v) is 2.06. The number of carbonyl (C=O) groups is 2. The summed E-state index contributed by atoms with van der Waals surface area (Å²) in [6.45, 7) is 5.80. The molecule has 25 heavy (non-hydrogen) atoms. The molecule has 0 fully saturated rings. The van der Waals surface area contributed by atoms with E-state index in [1.807, 2.05) is 44.2 Å². The standard InChI is InChI=1S/C18H22N4O3/c1-13(2)19-18(24)14(3)25-17(23)10-9-16-12-22(21-20-16)11-15-7-5-4-6-8-15/h4-10,12-14H,11H2,1-3H3,(H,19,24)/b10-9+/t14-/m1/s1. The minimum absolute atomic E-state index is 0.0103. The molecule has 1 atom stereocenters. The summed E-state index contributed by atoms with van der Waals surface area (Å²) < 4.78 is 6.72. The molecule has 1 aromatic carbocycles. The summed E-state index contributed by atoms with van der Waals surface area (Å²) in [6, 6.07) is 9.85. The highest BCUT2D eigenvalue weighted by Gasteiger charge is 2.16. The largest absolute Gasteiger partial charge is 0.449 e. The van der Waals surface area contributed by atoms with Gasteiger partial charge in [0.2, 0.25) is 0 Å². The molecule has 0 bridgehead atoms. The quantitative estimate of drug-likeness (QED) is 0.612. The number of rotatable bonds is 7. The molecule has 1 aromatic heterocycles. The number of carbonyl (C=O) groups excluding carboxylic acids is 2. The first-order valence-electron chi connectivity index (χ1n) is 8.07. The molecule has 1 amide bonds. The second-order valence-electron chi connectivity index (χ2n) is 5.90. The predicted octanol–water partition coefficient (Wildman–Crippen LogP) is 1.80. The number of nitrogens with one attached hydrogen (secondary N) is 1. The molecule has 2 rings (SSSR count). The summed E-state index contributed by atoms with van der Waals surface area (Å²) in [4.78, 5) is 23.5. The Kier molecular flexibility index (Phi) is 6.45. The highest BCUT2D eigenvalue weighted by Crippen LogP contribution is 2.04. The second kappa shape index (κ2) is 8.77. The number of hydrogen-bond donors (Lipinski definition) is 1. The molecule has 0 unspecified atom stereocenters. The van der Waals surface area contributed by atoms with Gasteiger partial charge in [-0.3, -0.25) is 4.79 Å². The maximum atomic E-state index is 11.8. The third-order valence-corrected chi connectivity index (χ3v) is 3.23. The third kappa shape index (κ3) is 6.21. The van der Waals surface area contributed by atoms with Crippen LogP contribution in [0.15, 0.2) is 42.6 Å². The van der Waals surface area contributed by atoms with E-state index in [9.17, 15) is 9.59 Å². The van der Waals surface area contributed by atoms with E-state index < -0.39 is 12.1 Å². The van der Waals surface area contributed by atoms with Crippen LogP contribution in [0.2, 0.25) is 0 Å². The van der Waals surface area contributed by atoms with Gasteiger partial charge in [-0.25, -0.2) is 9.48 Å². The number of amides is 1. The van der Waals surface area contributed by atoms with Crippen LogP contribution in [0.25, 0.3) is 6.08 Å². The van der Waals surface area contributed by atoms with Crippen LogP contribution in [0.3, 0.4) is 0 Å². The Morgan fingerprint density at radius 2 is 1.96 bits per heavy atom. The number of nitrogens with zero attached hydrogens (tertiary/aromatic N) is 3. The van der Waals surface area contributed by atoms with Gasteiger partial charge in [0, 0.05) is 12.1 Å². The Bertz CT molecular complexity index is 738. The van der Waals surface area contributed by atoms with E-state index in [1.54, 1.807) is 10.9 Å². The van der Waals surface area contributed by atoms with Crippen molar-refractivity contribution in [2.75, 3.05) is 0 Å². The summed E-state index contributed by atoms with van der Waals surface area (Å²) in [6.07, 6.45) is 3.61. The first-order chi connectivity index (χ1) is 11.9. The van der Waals surface area contributed by atoms with Gasteiger partial charge in [-0.2, -0.15) is 0 Å². The minimum atomic E-state index is -0.853. The van der Waals surface area contributed by atoms with Crippen molar-refractivity contribution in [3.8, 4) is 0 Å². The Balaban J connectivity index is 1.87. The molecule has 7 nitrogen and oxygen atoms in total. The molecule has 0 radical (unpaired) electrons. The molecular weight excluding hydrogens is 320 g/mol. The second-order valence-corrected chi connectivity index (χ2v) is 5.90. The first-order valence-corrected chi connectivity index (χ1v) is 8.07. The molecule has 0 spiro atoms. The van der Waals surface area contributed by atoms with Crippen molar-refractivity contribution >= 4 is 18.0 Å². The molecule has 1 N–H and O–H groups in total. The van der Waals surface area contributed by atoms with E-state index in [0.29, 0.717) is 12.2 Å². The van der Waals surface area contributed by atoms with E-state index in [4.69, 9.17) is 4.74 Å². The van der Waals surface area contributed by atoms with Crippen LogP contribution in [0.4, 0.5) is 0 Å². The van der Waals surface area contributed by atoms with E-state index in [1.165, 1.54) is 19.1 Å². The third-order valence-electron chi connectivity index (χ3n) is 3.23. The van der Waals surface area contributed by atoms with Crippen LogP contribution in [-0.2, 0) is 20.9 Å². The molecule has 0 aliphatic rings. The maximum absolute atomic E-state index is 11.8. The fourth-order valence-electron chi connectivity index (χ4n) is 2.06. The lowest BCUT2D eigenvalue weighted by Gasteiger charge is -2.14. The SMILES string of the molecule is CC(C)NC(=O)[C@@H](C)OC(=O)/C=C/c1cn(Cc2ccccc2)nn1. The lowest BCUT2D eigenvalue weighted by atomic mass is 10.2. The maximum Gasteiger partial charge on any atom is 0.331 e. The smallest absolute Gasteiger partial charge is 0.331 e. The Labute approximate surface area is 146 Å². The lowest BCUT2D eigenvalue weighted by Crippen LogP contribution is -2.39. The minimum Gasteiger partial charge on any atom is -0.449 e. The highest BCUT2D eigenvalue weighted by atomic mass is 16.5. The van der Waals surface area contributed by atoms with Crippen LogP contribution >= 0.6 is 0 Å². The van der Waals surface area contributed by atoms with Gasteiger partial charge in [0.15, 0.2) is 6.10 Å². The number of aromatic nitrogens is 3. The van der Waals surface area contributed by atoms with Crippen molar-refractivity contribution in [1.82, 2.24) is 20.3 Å². The summed E-state index contributed by atoms with van der Waals surface area (Å²) in [5.41, 5.74) is 1.64. The van der Waals surface area contributed by atoms with Crippen molar-refractivity contribution in [2.24, 2.45) is 0 Å². The topological polar surface area (TPSA) is 86.1 Å². The number of esters is 1. The predicted molar refractivity (Wildman–Crippen MR) is 93.4 cm³/mol. The Morgan fingerprint density at radius 3 is 2.64 bits per heavy atom. The zero-order valence-corrected chi connectivity index (χ0v) is 14.5. The van der Waals surface area contributed by atoms with Crippen molar-refractivity contribution < 1.29 is 14.3 Å². The molecular formula is C18H22N4O3. The summed E-state index contributed by atoms with van der Waals surface area (Å²) in [7, 11) is 0. The van der Waals surface area contributed by atoms with Crippen LogP contribution in [0, 0.1) is 0 Å². The van der Waals surface area contributed by atoms with Crippen LogP contribution < -0.4 is 5.32 Å². The van der Waals surface area contributed by atoms with Crippen molar-refractivity contribution in [1.29, 1.82) is 0 Å². The van der Waals surface area contributed by atoms with Gasteiger partial charge in [-0.05, 0) is 32.4 Å². The van der Waals surface area contributed by atoms with Crippen LogP contribution in [-0.4, -0.2) is 39.0 Å². The summed E-state index contributed by atoms with van der Waals surface area (Å²) >= 11 is 0. The molecule has 0 aliphatic carbocycles. The van der Waals surface area contributed by atoms with Gasteiger partial charge in [0.25, 0.3) is 5.91 Å². The van der Waals surface area contributed by atoms with E-state index in [2.05, 4.69) is 15.6 Å². The number of hydrogen-bond acceptors (Lipinski definition) is 5. The average Bonchev–Trinajstić information content (AvgIpc) is 3.00. The lowest BCUT2D eigenvalue weighted by molar-refractivity contribution is -0.150.